The van der Waals surface area contributed by atoms with Crippen LogP contribution in [0.3, 0.4) is 0 Å². The zero-order valence-corrected chi connectivity index (χ0v) is 16.3. The van der Waals surface area contributed by atoms with Crippen LogP contribution in [0, 0.1) is 0 Å². The van der Waals surface area contributed by atoms with Crippen LogP contribution in [-0.2, 0) is 23.8 Å². The van der Waals surface area contributed by atoms with Gasteiger partial charge in [-0.1, -0.05) is 6.08 Å². The molecule has 1 aromatic carbocycles. The van der Waals surface area contributed by atoms with Crippen molar-refractivity contribution in [2.45, 2.75) is 19.4 Å². The van der Waals surface area contributed by atoms with Crippen molar-refractivity contribution in [1.29, 1.82) is 0 Å². The number of aliphatic imine (C=N–C) groups is 1. The van der Waals surface area contributed by atoms with E-state index in [2.05, 4.69) is 4.99 Å². The summed E-state index contributed by atoms with van der Waals surface area (Å²) in [4.78, 5) is 30.8. The molecule has 0 spiro atoms. The molecule has 0 atom stereocenters. The van der Waals surface area contributed by atoms with Crippen molar-refractivity contribution in [1.82, 2.24) is 0 Å². The average Bonchev–Trinajstić information content (AvgIpc) is 2.92. The molecular weight excluding hydrogens is 360 g/mol. The molecule has 7 nitrogen and oxygen atoms in total. The minimum atomic E-state index is -0.647. The fraction of sp³-hybridized carbons (Fsp3) is 0.286. The Morgan fingerprint density at radius 1 is 1.07 bits per heavy atom. The van der Waals surface area contributed by atoms with Gasteiger partial charge in [0.15, 0.2) is 0 Å². The fourth-order valence-corrected chi connectivity index (χ4v) is 2.86. The summed E-state index contributed by atoms with van der Waals surface area (Å²) in [6, 6.07) is 7.35. The number of rotatable bonds is 4. The lowest BCUT2D eigenvalue weighted by atomic mass is 10.1. The summed E-state index contributed by atoms with van der Waals surface area (Å²) in [6.45, 7) is 4.54. The Hall–Kier alpha value is -3.35. The highest BCUT2D eigenvalue weighted by Gasteiger charge is 2.29. The largest absolute Gasteiger partial charge is 0.475 e. The van der Waals surface area contributed by atoms with E-state index in [9.17, 15) is 9.59 Å². The molecule has 1 aromatic rings. The van der Waals surface area contributed by atoms with E-state index in [0.717, 1.165) is 5.56 Å². The van der Waals surface area contributed by atoms with E-state index < -0.39 is 11.9 Å². The molecule has 0 saturated heterocycles. The van der Waals surface area contributed by atoms with Gasteiger partial charge in [0.1, 0.15) is 12.3 Å². The zero-order valence-electron chi connectivity index (χ0n) is 16.3. The van der Waals surface area contributed by atoms with Crippen molar-refractivity contribution >= 4 is 23.5 Å². The monoisotopic (exact) mass is 382 g/mol. The highest BCUT2D eigenvalue weighted by Crippen LogP contribution is 2.28. The predicted octanol–water partition coefficient (Wildman–Crippen LogP) is 2.73. The third kappa shape index (κ3) is 3.83. The van der Waals surface area contributed by atoms with E-state index in [1.54, 1.807) is 23.3 Å². The lowest BCUT2D eigenvalue weighted by molar-refractivity contribution is -0.139. The van der Waals surface area contributed by atoms with E-state index in [4.69, 9.17) is 14.2 Å². The van der Waals surface area contributed by atoms with Gasteiger partial charge in [0.2, 0.25) is 5.90 Å². The van der Waals surface area contributed by atoms with Gasteiger partial charge < -0.3 is 19.1 Å². The molecule has 146 valence electrons. The standard InChI is InChI=1S/C21H22N2O5/c1-21(2)13-28-18(22-21)14-8-10-15(11-9-14)23-12-6-5-7-16(19(24)26-3)17(23)20(25)27-4/h5-12H,13H2,1-4H3. The molecule has 7 heteroatoms. The number of hydrogen-bond acceptors (Lipinski definition) is 7. The Morgan fingerprint density at radius 3 is 2.32 bits per heavy atom. The second-order valence-corrected chi connectivity index (χ2v) is 6.88. The molecule has 0 fully saturated rings. The van der Waals surface area contributed by atoms with Crippen LogP contribution in [0.4, 0.5) is 5.69 Å². The summed E-state index contributed by atoms with van der Waals surface area (Å²) < 4.78 is 15.4. The molecule has 0 saturated carbocycles. The fourth-order valence-electron chi connectivity index (χ4n) is 2.86. The molecule has 0 radical (unpaired) electrons. The van der Waals surface area contributed by atoms with Gasteiger partial charge in [0, 0.05) is 17.5 Å². The topological polar surface area (TPSA) is 77.4 Å². The molecule has 28 heavy (non-hydrogen) atoms. The minimum Gasteiger partial charge on any atom is -0.475 e. The highest BCUT2D eigenvalue weighted by molar-refractivity contribution is 6.05. The molecular formula is C21H22N2O5. The molecule has 2 aliphatic heterocycles. The van der Waals surface area contributed by atoms with E-state index in [0.29, 0.717) is 18.2 Å². The van der Waals surface area contributed by atoms with Gasteiger partial charge in [0.05, 0.1) is 25.3 Å². The number of carbonyl (C=O) groups is 2. The number of methoxy groups -OCH3 is 2. The number of esters is 2. The van der Waals surface area contributed by atoms with Crippen molar-refractivity contribution in [3.63, 3.8) is 0 Å². The first-order valence-electron chi connectivity index (χ1n) is 8.74. The van der Waals surface area contributed by atoms with E-state index in [1.165, 1.54) is 20.3 Å². The Balaban J connectivity index is 2.01. The number of nitrogens with zero attached hydrogens (tertiary/aromatic N) is 2. The molecule has 3 rings (SSSR count). The number of hydrogen-bond donors (Lipinski definition) is 0. The van der Waals surface area contributed by atoms with Crippen molar-refractivity contribution < 1.29 is 23.8 Å². The molecule has 0 aliphatic carbocycles. The number of ether oxygens (including phenoxy) is 3. The van der Waals surface area contributed by atoms with Crippen molar-refractivity contribution in [2.75, 3.05) is 25.7 Å². The molecule has 0 aromatic heterocycles. The van der Waals surface area contributed by atoms with Gasteiger partial charge in [-0.3, -0.25) is 0 Å². The van der Waals surface area contributed by atoms with E-state index in [1.807, 2.05) is 38.1 Å². The summed E-state index contributed by atoms with van der Waals surface area (Å²) in [7, 11) is 2.53. The Kier molecular flexibility index (Phi) is 5.35. The van der Waals surface area contributed by atoms with Crippen LogP contribution in [0.2, 0.25) is 0 Å². The second kappa shape index (κ2) is 7.72. The summed E-state index contributed by atoms with van der Waals surface area (Å²) >= 11 is 0. The minimum absolute atomic E-state index is 0.0719. The van der Waals surface area contributed by atoms with Gasteiger partial charge >= 0.3 is 11.9 Å². The third-order valence-electron chi connectivity index (χ3n) is 4.25. The van der Waals surface area contributed by atoms with Crippen LogP contribution in [0.25, 0.3) is 0 Å². The van der Waals surface area contributed by atoms with Gasteiger partial charge in [-0.05, 0) is 50.3 Å². The lowest BCUT2D eigenvalue weighted by Crippen LogP contribution is -2.27. The van der Waals surface area contributed by atoms with Crippen molar-refractivity contribution in [3.05, 3.63) is 65.5 Å². The first-order valence-corrected chi connectivity index (χ1v) is 8.74. The SMILES string of the molecule is COC(=O)C1=C(C(=O)OC)N(c2ccc(C3=NC(C)(C)CO3)cc2)C=CC=C1. The van der Waals surface area contributed by atoms with Gasteiger partial charge in [-0.15, -0.1) is 0 Å². The maximum Gasteiger partial charge on any atom is 0.355 e. The van der Waals surface area contributed by atoms with E-state index >= 15 is 0 Å². The normalized spacial score (nSPS) is 17.7. The van der Waals surface area contributed by atoms with Crippen molar-refractivity contribution in [2.24, 2.45) is 4.99 Å². The number of carbonyl (C=O) groups excluding carboxylic acids is 2. The van der Waals surface area contributed by atoms with Gasteiger partial charge in [0.25, 0.3) is 0 Å². The van der Waals surface area contributed by atoms with Crippen LogP contribution in [0.1, 0.15) is 19.4 Å². The van der Waals surface area contributed by atoms with Crippen LogP contribution >= 0.6 is 0 Å². The quantitative estimate of drug-likeness (QED) is 0.745. The Morgan fingerprint density at radius 2 is 1.75 bits per heavy atom. The lowest BCUT2D eigenvalue weighted by Gasteiger charge is -2.23. The number of benzene rings is 1. The van der Waals surface area contributed by atoms with E-state index in [-0.39, 0.29) is 16.8 Å². The molecule has 0 amide bonds. The van der Waals surface area contributed by atoms with Gasteiger partial charge in [-0.25, -0.2) is 14.6 Å². The first kappa shape index (κ1) is 19.4. The average molecular weight is 382 g/mol. The molecule has 2 heterocycles. The Labute approximate surface area is 163 Å². The second-order valence-electron chi connectivity index (χ2n) is 6.88. The number of allylic oxidation sites excluding steroid dienone is 2. The summed E-state index contributed by atoms with van der Waals surface area (Å²) in [5.74, 6) is -0.688. The molecule has 0 unspecified atom stereocenters. The maximum atomic E-state index is 12.4. The molecule has 0 N–H and O–H groups in total. The highest BCUT2D eigenvalue weighted by atomic mass is 16.5. The van der Waals surface area contributed by atoms with Crippen molar-refractivity contribution in [3.8, 4) is 0 Å². The van der Waals surface area contributed by atoms with Crippen LogP contribution in [-0.4, -0.2) is 44.2 Å². The van der Waals surface area contributed by atoms with Crippen LogP contribution in [0.5, 0.6) is 0 Å². The molecule has 0 bridgehead atoms. The zero-order chi connectivity index (χ0) is 20.3. The maximum absolute atomic E-state index is 12.4. The van der Waals surface area contributed by atoms with Gasteiger partial charge in [-0.2, -0.15) is 0 Å². The third-order valence-corrected chi connectivity index (χ3v) is 4.25. The first-order chi connectivity index (χ1) is 13.4. The predicted molar refractivity (Wildman–Crippen MR) is 105 cm³/mol. The molecule has 2 aliphatic rings. The Bertz CT molecular complexity index is 907. The number of anilines is 1. The smallest absolute Gasteiger partial charge is 0.355 e. The van der Waals surface area contributed by atoms with Crippen LogP contribution < -0.4 is 4.90 Å². The summed E-state index contributed by atoms with van der Waals surface area (Å²) in [6.07, 6.45) is 6.58. The summed E-state index contributed by atoms with van der Waals surface area (Å²) in [5.41, 5.74) is 1.44. The van der Waals surface area contributed by atoms with Crippen LogP contribution in [0.15, 0.2) is 65.0 Å². The summed E-state index contributed by atoms with van der Waals surface area (Å²) in [5, 5.41) is 0.